The second-order valence-electron chi connectivity index (χ2n) is 5.17. The second-order valence-corrected chi connectivity index (χ2v) is 5.17. The van der Waals surface area contributed by atoms with Crippen molar-refractivity contribution in [3.05, 3.63) is 53.1 Å². The van der Waals surface area contributed by atoms with Crippen LogP contribution in [0.15, 0.2) is 41.5 Å². The van der Waals surface area contributed by atoms with Gasteiger partial charge in [0.1, 0.15) is 0 Å². The number of hydrogen-bond donors (Lipinski definition) is 0. The summed E-state index contributed by atoms with van der Waals surface area (Å²) in [5.41, 5.74) is 1.27. The summed E-state index contributed by atoms with van der Waals surface area (Å²) in [4.78, 5) is 24.6. The molecule has 0 saturated carbocycles. The maximum absolute atomic E-state index is 12.3. The van der Waals surface area contributed by atoms with Crippen molar-refractivity contribution in [2.75, 3.05) is 21.3 Å². The van der Waals surface area contributed by atoms with Gasteiger partial charge in [0.25, 0.3) is 11.8 Å². The Balaban J connectivity index is 1.93. The molecule has 25 heavy (non-hydrogen) atoms. The minimum absolute atomic E-state index is 0.342. The van der Waals surface area contributed by atoms with Crippen molar-refractivity contribution >= 4 is 18.0 Å². The zero-order valence-corrected chi connectivity index (χ0v) is 14.0. The van der Waals surface area contributed by atoms with E-state index in [1.807, 2.05) is 0 Å². The van der Waals surface area contributed by atoms with E-state index in [0.717, 1.165) is 5.01 Å². The molecule has 0 unspecified atom stereocenters. The van der Waals surface area contributed by atoms with E-state index in [0.29, 0.717) is 33.9 Å². The first kappa shape index (κ1) is 16.5. The SMILES string of the molecule is COc1cc(C=NN2C(=O)c3ccccc3C2=O)cc(OC)c1OC. The molecule has 1 heterocycles. The van der Waals surface area contributed by atoms with Crippen molar-refractivity contribution in [1.29, 1.82) is 0 Å². The molecule has 0 fully saturated rings. The van der Waals surface area contributed by atoms with Crippen LogP contribution < -0.4 is 14.2 Å². The van der Waals surface area contributed by atoms with Gasteiger partial charge in [-0.15, -0.1) is 0 Å². The summed E-state index contributed by atoms with van der Waals surface area (Å²) in [7, 11) is 4.51. The van der Waals surface area contributed by atoms with Crippen LogP contribution in [-0.4, -0.2) is 44.4 Å². The Kier molecular flexibility index (Phi) is 4.38. The predicted octanol–water partition coefficient (Wildman–Crippen LogP) is 2.34. The zero-order valence-electron chi connectivity index (χ0n) is 14.0. The Morgan fingerprint density at radius 2 is 1.40 bits per heavy atom. The molecule has 7 nitrogen and oxygen atoms in total. The van der Waals surface area contributed by atoms with Crippen LogP contribution >= 0.6 is 0 Å². The number of hydrogen-bond acceptors (Lipinski definition) is 6. The molecule has 1 aliphatic heterocycles. The van der Waals surface area contributed by atoms with Crippen LogP contribution in [0, 0.1) is 0 Å². The van der Waals surface area contributed by atoms with Gasteiger partial charge in [-0.1, -0.05) is 12.1 Å². The third-order valence-electron chi connectivity index (χ3n) is 3.78. The van der Waals surface area contributed by atoms with E-state index in [4.69, 9.17) is 14.2 Å². The van der Waals surface area contributed by atoms with Gasteiger partial charge in [-0.2, -0.15) is 10.1 Å². The van der Waals surface area contributed by atoms with Crippen LogP contribution in [0.5, 0.6) is 17.2 Å². The molecule has 7 heteroatoms. The number of amides is 2. The molecule has 128 valence electrons. The van der Waals surface area contributed by atoms with Crippen molar-refractivity contribution in [3.63, 3.8) is 0 Å². The van der Waals surface area contributed by atoms with Gasteiger partial charge in [-0.25, -0.2) is 0 Å². The molecular formula is C18H16N2O5. The lowest BCUT2D eigenvalue weighted by atomic mass is 10.1. The van der Waals surface area contributed by atoms with E-state index < -0.39 is 11.8 Å². The molecule has 2 aromatic carbocycles. The number of imide groups is 1. The summed E-state index contributed by atoms with van der Waals surface area (Å²) >= 11 is 0. The van der Waals surface area contributed by atoms with E-state index in [9.17, 15) is 9.59 Å². The summed E-state index contributed by atoms with van der Waals surface area (Å²) in [5.74, 6) is 0.438. The summed E-state index contributed by atoms with van der Waals surface area (Å²) in [6.45, 7) is 0. The number of hydrazone groups is 1. The number of methoxy groups -OCH3 is 3. The Labute approximate surface area is 144 Å². The second kappa shape index (κ2) is 6.64. The van der Waals surface area contributed by atoms with Gasteiger partial charge >= 0.3 is 0 Å². The topological polar surface area (TPSA) is 77.4 Å². The van der Waals surface area contributed by atoms with E-state index in [2.05, 4.69) is 5.10 Å². The molecule has 0 radical (unpaired) electrons. The fourth-order valence-corrected chi connectivity index (χ4v) is 2.58. The van der Waals surface area contributed by atoms with Crippen LogP contribution in [-0.2, 0) is 0 Å². The molecule has 0 aliphatic carbocycles. The highest BCUT2D eigenvalue weighted by Gasteiger charge is 2.35. The quantitative estimate of drug-likeness (QED) is 0.617. The zero-order chi connectivity index (χ0) is 18.0. The highest BCUT2D eigenvalue weighted by atomic mass is 16.5. The summed E-state index contributed by atoms with van der Waals surface area (Å²) < 4.78 is 15.8. The van der Waals surface area contributed by atoms with Crippen molar-refractivity contribution in [2.45, 2.75) is 0 Å². The Morgan fingerprint density at radius 1 is 0.880 bits per heavy atom. The summed E-state index contributed by atoms with van der Waals surface area (Å²) in [5, 5.41) is 4.87. The number of fused-ring (bicyclic) bond motifs is 1. The molecule has 0 bridgehead atoms. The van der Waals surface area contributed by atoms with Gasteiger partial charge in [0.2, 0.25) is 5.75 Å². The first-order chi connectivity index (χ1) is 12.1. The van der Waals surface area contributed by atoms with Crippen LogP contribution in [0.1, 0.15) is 26.3 Å². The third-order valence-corrected chi connectivity index (χ3v) is 3.78. The van der Waals surface area contributed by atoms with Crippen LogP contribution in [0.3, 0.4) is 0 Å². The van der Waals surface area contributed by atoms with Gasteiger partial charge in [0.15, 0.2) is 11.5 Å². The van der Waals surface area contributed by atoms with E-state index in [1.54, 1.807) is 36.4 Å². The lowest BCUT2D eigenvalue weighted by Gasteiger charge is -2.13. The smallest absolute Gasteiger partial charge is 0.282 e. The van der Waals surface area contributed by atoms with Crippen LogP contribution in [0.25, 0.3) is 0 Å². The number of benzene rings is 2. The lowest BCUT2D eigenvalue weighted by Crippen LogP contribution is -2.24. The molecule has 0 atom stereocenters. The summed E-state index contributed by atoms with van der Waals surface area (Å²) in [6.07, 6.45) is 1.40. The molecule has 2 amide bonds. The van der Waals surface area contributed by atoms with Crippen molar-refractivity contribution in [3.8, 4) is 17.2 Å². The van der Waals surface area contributed by atoms with Gasteiger partial charge in [-0.3, -0.25) is 9.59 Å². The molecule has 1 aliphatic rings. The number of rotatable bonds is 5. The third kappa shape index (κ3) is 2.80. The number of ether oxygens (including phenoxy) is 3. The molecule has 0 N–H and O–H groups in total. The Bertz CT molecular complexity index is 816. The number of nitrogens with zero attached hydrogens (tertiary/aromatic N) is 2. The normalized spacial score (nSPS) is 13.3. The molecule has 0 saturated heterocycles. The maximum Gasteiger partial charge on any atom is 0.282 e. The van der Waals surface area contributed by atoms with Gasteiger partial charge < -0.3 is 14.2 Å². The Hall–Kier alpha value is -3.35. The van der Waals surface area contributed by atoms with Crippen molar-refractivity contribution in [1.82, 2.24) is 5.01 Å². The largest absolute Gasteiger partial charge is 0.493 e. The Morgan fingerprint density at radius 3 is 1.84 bits per heavy atom. The first-order valence-electron chi connectivity index (χ1n) is 7.42. The van der Waals surface area contributed by atoms with E-state index >= 15 is 0 Å². The average Bonchev–Trinajstić information content (AvgIpc) is 2.89. The highest BCUT2D eigenvalue weighted by Crippen LogP contribution is 2.37. The molecule has 3 rings (SSSR count). The number of carbonyl (C=O) groups is 2. The first-order valence-corrected chi connectivity index (χ1v) is 7.42. The minimum atomic E-state index is -0.454. The van der Waals surface area contributed by atoms with Gasteiger partial charge in [0, 0.05) is 5.56 Å². The van der Waals surface area contributed by atoms with E-state index in [-0.39, 0.29) is 0 Å². The lowest BCUT2D eigenvalue weighted by molar-refractivity contribution is 0.0660. The summed E-state index contributed by atoms with van der Waals surface area (Å²) in [6, 6.07) is 9.95. The molecule has 0 aromatic heterocycles. The fourth-order valence-electron chi connectivity index (χ4n) is 2.58. The molecule has 0 spiro atoms. The van der Waals surface area contributed by atoms with Crippen LogP contribution in [0.2, 0.25) is 0 Å². The van der Waals surface area contributed by atoms with Crippen LogP contribution in [0.4, 0.5) is 0 Å². The maximum atomic E-state index is 12.3. The highest BCUT2D eigenvalue weighted by molar-refractivity contribution is 6.21. The van der Waals surface area contributed by atoms with E-state index in [1.165, 1.54) is 27.5 Å². The molecule has 2 aromatic rings. The number of carbonyl (C=O) groups excluding carboxylic acids is 2. The van der Waals surface area contributed by atoms with Gasteiger partial charge in [0.05, 0.1) is 38.7 Å². The average molecular weight is 340 g/mol. The minimum Gasteiger partial charge on any atom is -0.493 e. The van der Waals surface area contributed by atoms with Gasteiger partial charge in [-0.05, 0) is 24.3 Å². The monoisotopic (exact) mass is 340 g/mol. The van der Waals surface area contributed by atoms with Crippen molar-refractivity contribution < 1.29 is 23.8 Å². The van der Waals surface area contributed by atoms with Crippen molar-refractivity contribution in [2.24, 2.45) is 5.10 Å². The fraction of sp³-hybridized carbons (Fsp3) is 0.167. The standard InChI is InChI=1S/C18H16N2O5/c1-23-14-8-11(9-15(24-2)16(14)25-3)10-19-20-17(21)12-6-4-5-7-13(12)18(20)22/h4-10H,1-3H3. The predicted molar refractivity (Wildman–Crippen MR) is 90.6 cm³/mol. The molecular weight excluding hydrogens is 324 g/mol.